The number of carbonyl (C=O) groups is 14. The molecule has 4 rings (SSSR count). The fraction of sp³-hybridized carbons (Fsp3) is 0.574. The Bertz CT molecular complexity index is 2270. The molecule has 25 heteroatoms. The molecule has 3 aliphatic rings. The largest absolute Gasteiger partial charge is 0.379 e. The predicted octanol–water partition coefficient (Wildman–Crippen LogP) is 0.777. The molecule has 3 saturated heterocycles. The number of ketones is 7. The molecule has 0 aromatic heterocycles. The Hall–Kier alpha value is -5.47. The molecule has 3 fully saturated rings. The molecule has 2 atom stereocenters. The van der Waals surface area contributed by atoms with Gasteiger partial charge < -0.3 is 30.2 Å². The Labute approximate surface area is 427 Å². The van der Waals surface area contributed by atoms with Crippen molar-refractivity contribution in [2.45, 2.75) is 88.4 Å². The van der Waals surface area contributed by atoms with E-state index in [2.05, 4.69) is 16.0 Å². The van der Waals surface area contributed by atoms with E-state index in [0.717, 1.165) is 43.0 Å². The number of carbonyl (C=O) groups excluding carboxylic acids is 14. The Morgan fingerprint density at radius 1 is 0.750 bits per heavy atom. The Morgan fingerprint density at radius 3 is 1.97 bits per heavy atom. The van der Waals surface area contributed by atoms with Gasteiger partial charge in [0, 0.05) is 88.5 Å². The molecule has 392 valence electrons. The van der Waals surface area contributed by atoms with E-state index in [0.29, 0.717) is 25.1 Å². The summed E-state index contributed by atoms with van der Waals surface area (Å²) in [7, 11) is 2.48. The minimum absolute atomic E-state index is 0.00647. The van der Waals surface area contributed by atoms with Gasteiger partial charge in [-0.25, -0.2) is 0 Å². The maximum atomic E-state index is 13.9. The van der Waals surface area contributed by atoms with Gasteiger partial charge in [-0.05, 0) is 51.8 Å². The Balaban J connectivity index is 1.16. The second-order valence-electron chi connectivity index (χ2n) is 17.0. The molecule has 1 unspecified atom stereocenters. The van der Waals surface area contributed by atoms with Gasteiger partial charge in [0.25, 0.3) is 0 Å². The minimum atomic E-state index is -2.73. The minimum Gasteiger partial charge on any atom is -0.379 e. The van der Waals surface area contributed by atoms with Crippen LogP contribution in [0.3, 0.4) is 0 Å². The predicted molar refractivity (Wildman–Crippen MR) is 261 cm³/mol. The number of imide groups is 2. The third-order valence-electron chi connectivity index (χ3n) is 11.8. The number of aryl methyl sites for hydroxylation is 1. The summed E-state index contributed by atoms with van der Waals surface area (Å²) < 4.78 is 15.0. The van der Waals surface area contributed by atoms with E-state index in [1.807, 2.05) is 0 Å². The molecule has 22 nitrogen and oxygen atoms in total. The van der Waals surface area contributed by atoms with Crippen LogP contribution < -0.4 is 16.0 Å². The lowest BCUT2D eigenvalue weighted by atomic mass is 9.68. The highest BCUT2D eigenvalue weighted by Gasteiger charge is 2.57. The number of likely N-dealkylation sites (tertiary alicyclic amines) is 2. The molecule has 0 aliphatic carbocycles. The van der Waals surface area contributed by atoms with Gasteiger partial charge in [-0.3, -0.25) is 76.9 Å². The highest BCUT2D eigenvalue weighted by molar-refractivity contribution is 8.94. The lowest BCUT2D eigenvalue weighted by Crippen LogP contribution is -2.54. The van der Waals surface area contributed by atoms with Crippen LogP contribution in [-0.4, -0.2) is 173 Å². The first-order valence-electron chi connectivity index (χ1n) is 23.1. The van der Waals surface area contributed by atoms with Crippen molar-refractivity contribution >= 4 is 121 Å². The van der Waals surface area contributed by atoms with E-state index in [1.165, 1.54) is 33.4 Å². The second kappa shape index (κ2) is 28.1. The number of ether oxygens (including phenoxy) is 3. The van der Waals surface area contributed by atoms with Gasteiger partial charge in [-0.15, -0.1) is 11.8 Å². The van der Waals surface area contributed by atoms with E-state index in [-0.39, 0.29) is 101 Å². The smallest absolute Gasteiger partial charge is 0.250 e. The first kappa shape index (κ1) is 59.1. The Kier molecular flexibility index (Phi) is 23.1. The normalized spacial score (nSPS) is 16.3. The number of nitrogens with one attached hydrogen (secondary N) is 3. The van der Waals surface area contributed by atoms with Gasteiger partial charge in [-0.1, -0.05) is 33.7 Å². The summed E-state index contributed by atoms with van der Waals surface area (Å²) in [5.41, 5.74) is -1.53. The SMILES string of the molecule is CC(=O)C1(C(=O)CCOCCOCCNC(=O)CCN2C(=O)CC(SCCC(=O)C[C@H](CNC(=O)COCC(=O)Nc3ccc(CCC(=O)N4CCC4=O)cc3)C(=O)C(C(C)=O)(C(C)=O)C(C)=O)C2=O)SS1. The fourth-order valence-corrected chi connectivity index (χ4v) is 11.0. The van der Waals surface area contributed by atoms with Crippen LogP contribution in [0.25, 0.3) is 0 Å². The molecular formula is C47H59N5O17S3. The number of thioether (sulfide) groups is 1. The van der Waals surface area contributed by atoms with Crippen molar-refractivity contribution in [2.75, 3.05) is 76.9 Å². The molecule has 7 amide bonds. The molecule has 1 aromatic rings. The zero-order valence-electron chi connectivity index (χ0n) is 40.5. The first-order chi connectivity index (χ1) is 34.1. The topological polar surface area (TPSA) is 309 Å². The molecule has 0 saturated carbocycles. The van der Waals surface area contributed by atoms with Crippen LogP contribution in [0.5, 0.6) is 0 Å². The van der Waals surface area contributed by atoms with Crippen molar-refractivity contribution in [3.05, 3.63) is 29.8 Å². The van der Waals surface area contributed by atoms with Crippen molar-refractivity contribution in [3.63, 3.8) is 0 Å². The van der Waals surface area contributed by atoms with Crippen LogP contribution in [-0.2, 0) is 87.8 Å². The monoisotopic (exact) mass is 1060 g/mol. The van der Waals surface area contributed by atoms with E-state index in [1.54, 1.807) is 24.3 Å². The quantitative estimate of drug-likeness (QED) is 0.0211. The number of amides is 7. The van der Waals surface area contributed by atoms with E-state index < -0.39 is 105 Å². The van der Waals surface area contributed by atoms with Crippen LogP contribution >= 0.6 is 33.3 Å². The Morgan fingerprint density at radius 2 is 1.39 bits per heavy atom. The van der Waals surface area contributed by atoms with Crippen LogP contribution in [0.1, 0.15) is 78.2 Å². The molecule has 0 spiro atoms. The summed E-state index contributed by atoms with van der Waals surface area (Å²) in [5.74, 6) is -10.3. The maximum absolute atomic E-state index is 13.9. The maximum Gasteiger partial charge on any atom is 0.250 e. The summed E-state index contributed by atoms with van der Waals surface area (Å²) in [4.78, 5) is 179. The highest BCUT2D eigenvalue weighted by atomic mass is 33.2. The van der Waals surface area contributed by atoms with Crippen LogP contribution in [0.2, 0.25) is 0 Å². The number of hydrogen-bond acceptors (Lipinski definition) is 20. The molecular weight excluding hydrogens is 1000 g/mol. The molecule has 1 aromatic carbocycles. The van der Waals surface area contributed by atoms with Gasteiger partial charge in [0.05, 0.1) is 31.7 Å². The zero-order chi connectivity index (χ0) is 53.2. The molecule has 3 heterocycles. The number of benzene rings is 1. The molecule has 72 heavy (non-hydrogen) atoms. The van der Waals surface area contributed by atoms with Crippen molar-refractivity contribution in [2.24, 2.45) is 11.3 Å². The number of rotatable bonds is 35. The first-order valence-corrected chi connectivity index (χ1v) is 26.3. The van der Waals surface area contributed by atoms with Crippen molar-refractivity contribution in [1.29, 1.82) is 0 Å². The number of anilines is 1. The number of nitrogens with zero attached hydrogens (tertiary/aromatic N) is 2. The fourth-order valence-electron chi connectivity index (χ4n) is 7.64. The van der Waals surface area contributed by atoms with Crippen LogP contribution in [0.4, 0.5) is 5.69 Å². The molecule has 0 bridgehead atoms. The van der Waals surface area contributed by atoms with Gasteiger partial charge in [0.2, 0.25) is 46.8 Å². The van der Waals surface area contributed by atoms with E-state index in [4.69, 9.17) is 14.2 Å². The number of hydrogen-bond donors (Lipinski definition) is 3. The second-order valence-corrected chi connectivity index (χ2v) is 21.1. The lowest BCUT2D eigenvalue weighted by molar-refractivity contribution is -0.156. The summed E-state index contributed by atoms with van der Waals surface area (Å²) >= 11 is 1.01. The number of β-lactam (4-membered cyclic amide) rings is 1. The van der Waals surface area contributed by atoms with Crippen molar-refractivity contribution < 1.29 is 81.3 Å². The third kappa shape index (κ3) is 16.5. The molecule has 3 N–H and O–H groups in total. The van der Waals surface area contributed by atoms with Gasteiger partial charge in [-0.2, -0.15) is 0 Å². The van der Waals surface area contributed by atoms with Gasteiger partial charge in [0.15, 0.2) is 38.8 Å². The van der Waals surface area contributed by atoms with Crippen molar-refractivity contribution in [3.8, 4) is 0 Å². The molecule has 0 radical (unpaired) electrons. The van der Waals surface area contributed by atoms with Gasteiger partial charge in [0.1, 0.15) is 19.0 Å². The third-order valence-corrected chi connectivity index (χ3v) is 16.0. The summed E-state index contributed by atoms with van der Waals surface area (Å²) in [6.07, 6.45) is -0.208. The van der Waals surface area contributed by atoms with Crippen molar-refractivity contribution in [1.82, 2.24) is 20.4 Å². The highest BCUT2D eigenvalue weighted by Crippen LogP contribution is 2.66. The standard InChI is InChI=1S/C47H59N5O17S3/c1-28(53)46(29(2)54,30(3)55)44(65)33(25-49-39(60)26-69-27-40(61)50-34-8-5-32(6-9-34)7-10-41(62)51-17-12-42(51)63)23-35(57)14-22-70-36-24-43(64)52(45(36)66)16-11-38(59)48-15-19-68-21-20-67-18-13-37(58)47(31(4)56)71-72-47/h5-6,8-9,33,36H,7,10-27H2,1-4H3,(H,48,59)(H,49,60)(H,50,61)/t33-,36?/m1/s1. The summed E-state index contributed by atoms with van der Waals surface area (Å²) in [6, 6.07) is 6.61. The number of Topliss-reactive ketones (excluding diaryl/α,β-unsaturated/α-hetero) is 7. The zero-order valence-corrected chi connectivity index (χ0v) is 42.9. The average Bonchev–Trinajstić information content (AvgIpc) is 4.09. The van der Waals surface area contributed by atoms with E-state index >= 15 is 0 Å². The summed E-state index contributed by atoms with van der Waals surface area (Å²) in [6.45, 7) is 3.30. The van der Waals surface area contributed by atoms with Crippen LogP contribution in [0.15, 0.2) is 24.3 Å². The van der Waals surface area contributed by atoms with Gasteiger partial charge >= 0.3 is 0 Å². The summed E-state index contributed by atoms with van der Waals surface area (Å²) in [5, 5.41) is 6.76. The molecule has 3 aliphatic heterocycles. The average molecular weight is 1060 g/mol. The lowest BCUT2D eigenvalue weighted by Gasteiger charge is -2.28. The van der Waals surface area contributed by atoms with Crippen LogP contribution in [0, 0.1) is 11.3 Å². The van der Waals surface area contributed by atoms with E-state index in [9.17, 15) is 67.1 Å².